The van der Waals surface area contributed by atoms with Gasteiger partial charge < -0.3 is 24.3 Å². The van der Waals surface area contributed by atoms with Crippen LogP contribution in [0.4, 0.5) is 5.69 Å². The number of nitrogens with one attached hydrogen (secondary N) is 1. The van der Waals surface area contributed by atoms with Crippen LogP contribution in [-0.2, 0) is 15.0 Å². The maximum Gasteiger partial charge on any atom is 0.345 e. The molecule has 2 aliphatic rings. The predicted octanol–water partition coefficient (Wildman–Crippen LogP) is 1.93. The molecular weight excluding hydrogens is 426 g/mol. The number of hydrogen-bond acceptors (Lipinski definition) is 7. The van der Waals surface area contributed by atoms with E-state index in [9.17, 15) is 13.2 Å². The van der Waals surface area contributed by atoms with Gasteiger partial charge in [-0.25, -0.2) is 4.31 Å². The molecule has 0 unspecified atom stereocenters. The number of anilines is 1. The first kappa shape index (κ1) is 20.5. The SMILES string of the molecule is COc1ccc(OC)c(C2=NS(=O)(=O)N(C)C(C(=O)Nc3ccc4c(c3)OCO4)=C2)c1. The highest BCUT2D eigenvalue weighted by Gasteiger charge is 2.31. The van der Waals surface area contributed by atoms with Crippen molar-refractivity contribution in [3.63, 3.8) is 0 Å². The van der Waals surface area contributed by atoms with Gasteiger partial charge in [-0.3, -0.25) is 4.79 Å². The molecule has 2 aliphatic heterocycles. The maximum absolute atomic E-state index is 13.0. The van der Waals surface area contributed by atoms with E-state index in [4.69, 9.17) is 18.9 Å². The Morgan fingerprint density at radius 2 is 1.87 bits per heavy atom. The third kappa shape index (κ3) is 3.87. The zero-order chi connectivity index (χ0) is 22.2. The van der Waals surface area contributed by atoms with Crippen LogP contribution in [0.1, 0.15) is 5.56 Å². The van der Waals surface area contributed by atoms with Gasteiger partial charge >= 0.3 is 10.2 Å². The fourth-order valence-corrected chi connectivity index (χ4v) is 3.98. The number of carbonyl (C=O) groups is 1. The third-order valence-electron chi connectivity index (χ3n) is 4.72. The van der Waals surface area contributed by atoms with Gasteiger partial charge in [0.2, 0.25) is 6.79 Å². The number of hydrogen-bond donors (Lipinski definition) is 1. The number of rotatable bonds is 5. The number of amides is 1. The summed E-state index contributed by atoms with van der Waals surface area (Å²) in [6.07, 6.45) is 1.38. The van der Waals surface area contributed by atoms with E-state index < -0.39 is 16.1 Å². The quantitative estimate of drug-likeness (QED) is 0.748. The van der Waals surface area contributed by atoms with Gasteiger partial charge in [-0.2, -0.15) is 8.42 Å². The molecule has 0 aromatic heterocycles. The molecule has 0 spiro atoms. The molecule has 11 heteroatoms. The minimum Gasteiger partial charge on any atom is -0.497 e. The summed E-state index contributed by atoms with van der Waals surface area (Å²) in [6.45, 7) is 0.0983. The fourth-order valence-electron chi connectivity index (χ4n) is 3.08. The Balaban J connectivity index is 1.71. The lowest BCUT2D eigenvalue weighted by molar-refractivity contribution is -0.113. The molecule has 10 nitrogen and oxygen atoms in total. The summed E-state index contributed by atoms with van der Waals surface area (Å²) in [6, 6.07) is 9.76. The van der Waals surface area contributed by atoms with E-state index in [0.717, 1.165) is 4.31 Å². The highest BCUT2D eigenvalue weighted by molar-refractivity contribution is 7.88. The molecule has 0 saturated carbocycles. The monoisotopic (exact) mass is 445 g/mol. The van der Waals surface area contributed by atoms with Crippen LogP contribution < -0.4 is 24.3 Å². The maximum atomic E-state index is 13.0. The van der Waals surface area contributed by atoms with Gasteiger partial charge in [0.05, 0.1) is 19.9 Å². The van der Waals surface area contributed by atoms with E-state index in [1.165, 1.54) is 27.3 Å². The van der Waals surface area contributed by atoms with Crippen molar-refractivity contribution in [2.75, 3.05) is 33.4 Å². The van der Waals surface area contributed by atoms with Gasteiger partial charge in [0.1, 0.15) is 17.2 Å². The summed E-state index contributed by atoms with van der Waals surface area (Å²) >= 11 is 0. The zero-order valence-electron chi connectivity index (χ0n) is 16.9. The van der Waals surface area contributed by atoms with Gasteiger partial charge in [-0.15, -0.1) is 4.40 Å². The summed E-state index contributed by atoms with van der Waals surface area (Å²) in [5.41, 5.74) is 0.716. The molecular formula is C20H19N3O7S. The first-order valence-corrected chi connectivity index (χ1v) is 10.5. The Morgan fingerprint density at radius 3 is 2.61 bits per heavy atom. The molecule has 162 valence electrons. The second-order valence-electron chi connectivity index (χ2n) is 6.54. The molecule has 0 atom stereocenters. The van der Waals surface area contributed by atoms with Gasteiger partial charge in [0.25, 0.3) is 5.91 Å². The average molecular weight is 445 g/mol. The van der Waals surface area contributed by atoms with E-state index in [1.807, 2.05) is 0 Å². The van der Waals surface area contributed by atoms with Crippen LogP contribution in [0.15, 0.2) is 52.6 Å². The summed E-state index contributed by atoms with van der Waals surface area (Å²) in [4.78, 5) is 13.0. The van der Waals surface area contributed by atoms with Gasteiger partial charge in [0.15, 0.2) is 11.5 Å². The van der Waals surface area contributed by atoms with Crippen molar-refractivity contribution in [2.24, 2.45) is 4.40 Å². The number of ether oxygens (including phenoxy) is 4. The highest BCUT2D eigenvalue weighted by atomic mass is 32.2. The smallest absolute Gasteiger partial charge is 0.345 e. The van der Waals surface area contributed by atoms with Crippen LogP contribution in [0.25, 0.3) is 0 Å². The van der Waals surface area contributed by atoms with Crippen LogP contribution in [-0.4, -0.2) is 52.4 Å². The number of carbonyl (C=O) groups excluding carboxylic acids is 1. The van der Waals surface area contributed by atoms with Gasteiger partial charge in [-0.1, -0.05) is 0 Å². The minimum atomic E-state index is -4.15. The largest absolute Gasteiger partial charge is 0.497 e. The Labute approximate surface area is 178 Å². The van der Waals surface area contributed by atoms with Crippen LogP contribution in [0, 0.1) is 0 Å². The second kappa shape index (κ2) is 7.84. The second-order valence-corrected chi connectivity index (χ2v) is 8.17. The topological polar surface area (TPSA) is 116 Å². The summed E-state index contributed by atoms with van der Waals surface area (Å²) in [5, 5.41) is 2.67. The van der Waals surface area contributed by atoms with E-state index >= 15 is 0 Å². The van der Waals surface area contributed by atoms with E-state index in [2.05, 4.69) is 9.71 Å². The standard InChI is InChI=1S/C20H19N3O7S/c1-23-16(20(24)21-12-4-6-18-19(8-12)30-11-29-18)10-15(22-31(23,25)26)14-9-13(27-2)5-7-17(14)28-3/h4-10H,11H2,1-3H3,(H,21,24). The lowest BCUT2D eigenvalue weighted by atomic mass is 10.1. The summed E-state index contributed by atoms with van der Waals surface area (Å²) in [7, 11) is 0.0409. The molecule has 1 amide bonds. The summed E-state index contributed by atoms with van der Waals surface area (Å²) < 4.78 is 51.0. The number of nitrogens with zero attached hydrogens (tertiary/aromatic N) is 2. The van der Waals surface area contributed by atoms with E-state index in [1.54, 1.807) is 36.4 Å². The number of allylic oxidation sites excluding steroid dienone is 1. The molecule has 31 heavy (non-hydrogen) atoms. The Bertz CT molecular complexity index is 1220. The Hall–Kier alpha value is -3.73. The molecule has 4 rings (SSSR count). The zero-order valence-corrected chi connectivity index (χ0v) is 17.7. The fraction of sp³-hybridized carbons (Fsp3) is 0.200. The number of methoxy groups -OCH3 is 2. The van der Waals surface area contributed by atoms with Crippen molar-refractivity contribution in [1.82, 2.24) is 4.31 Å². The molecule has 2 aromatic carbocycles. The van der Waals surface area contributed by atoms with Crippen LogP contribution in [0.3, 0.4) is 0 Å². The van der Waals surface area contributed by atoms with Gasteiger partial charge in [-0.05, 0) is 36.4 Å². The molecule has 0 bridgehead atoms. The Kier molecular flexibility index (Phi) is 5.19. The van der Waals surface area contributed by atoms with Crippen molar-refractivity contribution in [3.05, 3.63) is 53.7 Å². The van der Waals surface area contributed by atoms with E-state index in [0.29, 0.717) is 34.2 Å². The Morgan fingerprint density at radius 1 is 1.10 bits per heavy atom. The summed E-state index contributed by atoms with van der Waals surface area (Å²) in [5.74, 6) is 1.27. The molecule has 0 saturated heterocycles. The van der Waals surface area contributed by atoms with Crippen LogP contribution in [0.2, 0.25) is 0 Å². The highest BCUT2D eigenvalue weighted by Crippen LogP contribution is 2.34. The molecule has 2 heterocycles. The first-order chi connectivity index (χ1) is 14.8. The van der Waals surface area contributed by atoms with Crippen molar-refractivity contribution < 1.29 is 32.2 Å². The average Bonchev–Trinajstić information content (AvgIpc) is 3.22. The third-order valence-corrected chi connectivity index (χ3v) is 6.03. The predicted molar refractivity (Wildman–Crippen MR) is 112 cm³/mol. The van der Waals surface area contributed by atoms with Crippen molar-refractivity contribution in [3.8, 4) is 23.0 Å². The molecule has 2 aromatic rings. The number of fused-ring (bicyclic) bond motifs is 1. The van der Waals surface area contributed by atoms with Crippen molar-refractivity contribution >= 4 is 27.5 Å². The van der Waals surface area contributed by atoms with Gasteiger partial charge in [0, 0.05) is 24.4 Å². The van der Waals surface area contributed by atoms with Crippen LogP contribution in [0.5, 0.6) is 23.0 Å². The lowest BCUT2D eigenvalue weighted by Crippen LogP contribution is -2.35. The molecule has 0 radical (unpaired) electrons. The van der Waals surface area contributed by atoms with Crippen molar-refractivity contribution in [2.45, 2.75) is 0 Å². The number of likely N-dealkylation sites (N-methyl/N-ethyl adjacent to an activating group) is 1. The minimum absolute atomic E-state index is 0.0460. The van der Waals surface area contributed by atoms with Crippen molar-refractivity contribution in [1.29, 1.82) is 0 Å². The molecule has 0 aliphatic carbocycles. The molecule has 0 fully saturated rings. The normalized spacial score (nSPS) is 16.3. The van der Waals surface area contributed by atoms with E-state index in [-0.39, 0.29) is 18.2 Å². The van der Waals surface area contributed by atoms with Crippen LogP contribution >= 0.6 is 0 Å². The lowest BCUT2D eigenvalue weighted by Gasteiger charge is -2.24. The first-order valence-electron chi connectivity index (χ1n) is 9.06. The number of benzene rings is 2. The molecule has 1 N–H and O–H groups in total.